The minimum Gasteiger partial charge on any atom is -0.398 e. The molecule has 3 N–H and O–H groups in total. The second-order valence-electron chi connectivity index (χ2n) is 4.71. The molecule has 0 aliphatic carbocycles. The van der Waals surface area contributed by atoms with E-state index in [2.05, 4.69) is 10.3 Å². The van der Waals surface area contributed by atoms with Gasteiger partial charge in [0.1, 0.15) is 5.82 Å². The second kappa shape index (κ2) is 4.81. The molecule has 0 saturated carbocycles. The van der Waals surface area contributed by atoms with Crippen molar-refractivity contribution in [1.82, 2.24) is 4.98 Å². The lowest BCUT2D eigenvalue weighted by Gasteiger charge is -2.11. The first kappa shape index (κ1) is 12.4. The maximum absolute atomic E-state index is 13.6. The summed E-state index contributed by atoms with van der Waals surface area (Å²) < 4.78 is 13.6. The van der Waals surface area contributed by atoms with Crippen LogP contribution in [0.2, 0.25) is 0 Å². The lowest BCUT2D eigenvalue weighted by Crippen LogP contribution is -1.95. The Kier molecular flexibility index (Phi) is 2.99. The third-order valence-electron chi connectivity index (χ3n) is 3.30. The maximum atomic E-state index is 13.6. The van der Waals surface area contributed by atoms with E-state index in [9.17, 15) is 4.39 Å². The molecule has 20 heavy (non-hydrogen) atoms. The molecule has 0 radical (unpaired) electrons. The number of rotatable bonds is 2. The van der Waals surface area contributed by atoms with Gasteiger partial charge >= 0.3 is 0 Å². The molecule has 2 aromatic carbocycles. The summed E-state index contributed by atoms with van der Waals surface area (Å²) in [6.07, 6.45) is 3.45. The Balaban J connectivity index is 2.06. The zero-order chi connectivity index (χ0) is 14.1. The van der Waals surface area contributed by atoms with Gasteiger partial charge in [0.05, 0.1) is 0 Å². The van der Waals surface area contributed by atoms with Crippen LogP contribution in [0.1, 0.15) is 5.56 Å². The molecule has 0 aliphatic rings. The Labute approximate surface area is 116 Å². The Morgan fingerprint density at radius 1 is 1.10 bits per heavy atom. The summed E-state index contributed by atoms with van der Waals surface area (Å²) in [5.41, 5.74) is 8.82. The number of nitrogens with zero attached hydrogens (tertiary/aromatic N) is 1. The molecular formula is C16H14FN3. The molecule has 0 bridgehead atoms. The summed E-state index contributed by atoms with van der Waals surface area (Å²) >= 11 is 0. The predicted molar refractivity (Wildman–Crippen MR) is 80.6 cm³/mol. The van der Waals surface area contributed by atoms with Crippen LogP contribution in [0.4, 0.5) is 21.5 Å². The van der Waals surface area contributed by atoms with E-state index >= 15 is 0 Å². The normalized spacial score (nSPS) is 10.7. The molecule has 0 aliphatic heterocycles. The first-order valence-electron chi connectivity index (χ1n) is 6.30. The standard InChI is InChI=1S/C16H14FN3/c1-10-2-3-11(8-14(10)17)20-16-5-4-15(18)12-6-7-19-9-13(12)16/h2-9,20H,18H2,1H3. The Hall–Kier alpha value is -2.62. The highest BCUT2D eigenvalue weighted by Crippen LogP contribution is 2.30. The van der Waals surface area contributed by atoms with E-state index in [4.69, 9.17) is 5.73 Å². The number of pyridine rings is 1. The average Bonchev–Trinajstić information content (AvgIpc) is 2.46. The van der Waals surface area contributed by atoms with Gasteiger partial charge < -0.3 is 11.1 Å². The summed E-state index contributed by atoms with van der Waals surface area (Å²) in [6.45, 7) is 1.74. The average molecular weight is 267 g/mol. The van der Waals surface area contributed by atoms with Crippen molar-refractivity contribution in [3.63, 3.8) is 0 Å². The zero-order valence-corrected chi connectivity index (χ0v) is 11.0. The molecule has 4 heteroatoms. The SMILES string of the molecule is Cc1ccc(Nc2ccc(N)c3ccncc23)cc1F. The van der Waals surface area contributed by atoms with E-state index < -0.39 is 0 Å². The number of hydrogen-bond acceptors (Lipinski definition) is 3. The van der Waals surface area contributed by atoms with Crippen molar-refractivity contribution in [2.45, 2.75) is 6.92 Å². The molecule has 0 saturated heterocycles. The number of hydrogen-bond donors (Lipinski definition) is 2. The molecule has 3 aromatic rings. The molecule has 0 unspecified atom stereocenters. The number of aromatic nitrogens is 1. The maximum Gasteiger partial charge on any atom is 0.128 e. The first-order valence-corrected chi connectivity index (χ1v) is 6.30. The van der Waals surface area contributed by atoms with Crippen LogP contribution in [-0.4, -0.2) is 4.98 Å². The fourth-order valence-electron chi connectivity index (χ4n) is 2.15. The fourth-order valence-corrected chi connectivity index (χ4v) is 2.15. The van der Waals surface area contributed by atoms with E-state index in [-0.39, 0.29) is 5.82 Å². The number of benzene rings is 2. The summed E-state index contributed by atoms with van der Waals surface area (Å²) in [7, 11) is 0. The smallest absolute Gasteiger partial charge is 0.128 e. The van der Waals surface area contributed by atoms with Gasteiger partial charge in [-0.1, -0.05) is 6.07 Å². The third-order valence-corrected chi connectivity index (χ3v) is 3.30. The van der Waals surface area contributed by atoms with Gasteiger partial charge in [-0.3, -0.25) is 4.98 Å². The van der Waals surface area contributed by atoms with Crippen LogP contribution in [0, 0.1) is 12.7 Å². The number of anilines is 3. The molecule has 0 atom stereocenters. The van der Waals surface area contributed by atoms with Crippen LogP contribution >= 0.6 is 0 Å². The van der Waals surface area contributed by atoms with Crippen LogP contribution in [0.5, 0.6) is 0 Å². The Morgan fingerprint density at radius 2 is 1.95 bits per heavy atom. The molecule has 1 aromatic heterocycles. The number of nitrogen functional groups attached to an aromatic ring is 1. The number of halogens is 1. The third kappa shape index (κ3) is 2.16. The summed E-state index contributed by atoms with van der Waals surface area (Å²) in [5.74, 6) is -0.229. The van der Waals surface area contributed by atoms with Crippen molar-refractivity contribution >= 4 is 27.8 Å². The second-order valence-corrected chi connectivity index (χ2v) is 4.71. The monoisotopic (exact) mass is 267 g/mol. The van der Waals surface area contributed by atoms with Crippen molar-refractivity contribution in [3.05, 3.63) is 60.2 Å². The van der Waals surface area contributed by atoms with E-state index in [1.807, 2.05) is 24.3 Å². The number of nitrogens with two attached hydrogens (primary N) is 1. The molecular weight excluding hydrogens is 253 g/mol. The van der Waals surface area contributed by atoms with Crippen LogP contribution in [0.3, 0.4) is 0 Å². The van der Waals surface area contributed by atoms with Gasteiger partial charge in [0.2, 0.25) is 0 Å². The summed E-state index contributed by atoms with van der Waals surface area (Å²) in [5, 5.41) is 5.05. The highest BCUT2D eigenvalue weighted by molar-refractivity contribution is 6.01. The minimum absolute atomic E-state index is 0.229. The van der Waals surface area contributed by atoms with Crippen molar-refractivity contribution in [3.8, 4) is 0 Å². The van der Waals surface area contributed by atoms with E-state index in [0.717, 1.165) is 16.5 Å². The van der Waals surface area contributed by atoms with Crippen molar-refractivity contribution in [2.75, 3.05) is 11.1 Å². The zero-order valence-electron chi connectivity index (χ0n) is 11.0. The molecule has 100 valence electrons. The van der Waals surface area contributed by atoms with E-state index in [1.54, 1.807) is 25.4 Å². The van der Waals surface area contributed by atoms with E-state index in [0.29, 0.717) is 16.9 Å². The Morgan fingerprint density at radius 3 is 2.75 bits per heavy atom. The molecule has 0 fully saturated rings. The highest BCUT2D eigenvalue weighted by Gasteiger charge is 2.05. The van der Waals surface area contributed by atoms with Gasteiger partial charge in [-0.05, 0) is 42.8 Å². The molecule has 3 rings (SSSR count). The number of nitrogens with one attached hydrogen (secondary N) is 1. The fraction of sp³-hybridized carbons (Fsp3) is 0.0625. The quantitative estimate of drug-likeness (QED) is 0.690. The number of aryl methyl sites for hydroxylation is 1. The van der Waals surface area contributed by atoms with Gasteiger partial charge in [-0.15, -0.1) is 0 Å². The van der Waals surface area contributed by atoms with Crippen molar-refractivity contribution in [1.29, 1.82) is 0 Å². The topological polar surface area (TPSA) is 50.9 Å². The lowest BCUT2D eigenvalue weighted by molar-refractivity contribution is 0.619. The van der Waals surface area contributed by atoms with Crippen LogP contribution in [-0.2, 0) is 0 Å². The van der Waals surface area contributed by atoms with Gasteiger partial charge in [-0.25, -0.2) is 4.39 Å². The van der Waals surface area contributed by atoms with Gasteiger partial charge in [0.15, 0.2) is 0 Å². The van der Waals surface area contributed by atoms with E-state index in [1.165, 1.54) is 6.07 Å². The van der Waals surface area contributed by atoms with Gasteiger partial charge in [0.25, 0.3) is 0 Å². The molecule has 3 nitrogen and oxygen atoms in total. The van der Waals surface area contributed by atoms with Crippen molar-refractivity contribution in [2.24, 2.45) is 0 Å². The van der Waals surface area contributed by atoms with Crippen LogP contribution in [0.25, 0.3) is 10.8 Å². The minimum atomic E-state index is -0.229. The van der Waals surface area contributed by atoms with Crippen molar-refractivity contribution < 1.29 is 4.39 Å². The first-order chi connectivity index (χ1) is 9.65. The largest absolute Gasteiger partial charge is 0.398 e. The lowest BCUT2D eigenvalue weighted by atomic mass is 10.1. The molecule has 1 heterocycles. The molecule has 0 spiro atoms. The summed E-state index contributed by atoms with van der Waals surface area (Å²) in [6, 6.07) is 10.6. The Bertz CT molecular complexity index is 784. The van der Waals surface area contributed by atoms with Crippen LogP contribution < -0.4 is 11.1 Å². The van der Waals surface area contributed by atoms with Gasteiger partial charge in [-0.2, -0.15) is 0 Å². The molecule has 0 amide bonds. The predicted octanol–water partition coefficient (Wildman–Crippen LogP) is 4.01. The summed E-state index contributed by atoms with van der Waals surface area (Å²) in [4.78, 5) is 4.12. The van der Waals surface area contributed by atoms with Gasteiger partial charge in [0, 0.05) is 40.2 Å². The highest BCUT2D eigenvalue weighted by atomic mass is 19.1. The number of fused-ring (bicyclic) bond motifs is 1. The van der Waals surface area contributed by atoms with Crippen LogP contribution in [0.15, 0.2) is 48.8 Å².